The van der Waals surface area contributed by atoms with E-state index in [4.69, 9.17) is 0 Å². The van der Waals surface area contributed by atoms with E-state index in [1.807, 2.05) is 32.9 Å². The first-order valence-electron chi connectivity index (χ1n) is 8.86. The zero-order valence-corrected chi connectivity index (χ0v) is 16.4. The molecule has 0 aromatic heterocycles. The molecule has 3 N–H and O–H groups in total. The van der Waals surface area contributed by atoms with E-state index in [2.05, 4.69) is 16.0 Å². The Bertz CT molecular complexity index is 782. The second-order valence-corrected chi connectivity index (χ2v) is 7.11. The number of nitrogens with zero attached hydrogens (tertiary/aromatic N) is 1. The van der Waals surface area contributed by atoms with E-state index in [1.165, 1.54) is 0 Å². The fraction of sp³-hybridized carbons (Fsp3) is 0.474. The summed E-state index contributed by atoms with van der Waals surface area (Å²) in [7, 11) is 0. The molecule has 0 saturated carbocycles. The molecular weight excluding hydrogens is 348 g/mol. The van der Waals surface area contributed by atoms with Gasteiger partial charge in [0.1, 0.15) is 12.1 Å². The van der Waals surface area contributed by atoms with Crippen LogP contribution in [-0.4, -0.2) is 47.3 Å². The van der Waals surface area contributed by atoms with Crippen LogP contribution in [0.2, 0.25) is 0 Å². The molecule has 0 radical (unpaired) electrons. The Morgan fingerprint density at radius 3 is 2.22 bits per heavy atom. The second kappa shape index (κ2) is 7.77. The zero-order chi connectivity index (χ0) is 20.4. The number of carbonyl (C=O) groups is 4. The van der Waals surface area contributed by atoms with Gasteiger partial charge in [-0.3, -0.25) is 19.3 Å². The van der Waals surface area contributed by atoms with Gasteiger partial charge in [-0.05, 0) is 45.2 Å². The molecule has 27 heavy (non-hydrogen) atoms. The molecule has 1 aromatic rings. The summed E-state index contributed by atoms with van der Waals surface area (Å²) in [5.74, 6) is -1.40. The highest BCUT2D eigenvalue weighted by atomic mass is 16.2. The molecule has 1 atom stereocenters. The molecule has 1 unspecified atom stereocenters. The Morgan fingerprint density at radius 1 is 1.11 bits per heavy atom. The van der Waals surface area contributed by atoms with Crippen LogP contribution in [0.3, 0.4) is 0 Å². The highest BCUT2D eigenvalue weighted by Gasteiger charge is 2.46. The van der Waals surface area contributed by atoms with Crippen LogP contribution < -0.4 is 16.0 Å². The number of hydrogen-bond acceptors (Lipinski definition) is 4. The third-order valence-electron chi connectivity index (χ3n) is 4.74. The van der Waals surface area contributed by atoms with Crippen molar-refractivity contribution < 1.29 is 19.2 Å². The van der Waals surface area contributed by atoms with Crippen LogP contribution in [0, 0.1) is 20.8 Å². The van der Waals surface area contributed by atoms with Crippen LogP contribution in [0.15, 0.2) is 12.1 Å². The van der Waals surface area contributed by atoms with Crippen molar-refractivity contribution in [2.45, 2.75) is 46.6 Å². The van der Waals surface area contributed by atoms with Gasteiger partial charge in [0.25, 0.3) is 5.91 Å². The zero-order valence-electron chi connectivity index (χ0n) is 16.4. The normalized spacial score (nSPS) is 19.1. The molecule has 1 fully saturated rings. The molecule has 1 heterocycles. The first-order chi connectivity index (χ1) is 12.6. The number of carbonyl (C=O) groups excluding carboxylic acids is 4. The highest BCUT2D eigenvalue weighted by molar-refractivity contribution is 6.09. The molecule has 8 nitrogen and oxygen atoms in total. The van der Waals surface area contributed by atoms with Crippen molar-refractivity contribution >= 4 is 29.4 Å². The summed E-state index contributed by atoms with van der Waals surface area (Å²) in [4.78, 5) is 49.2. The Hall–Kier alpha value is -2.90. The SMILES string of the molecule is CCC1(C)NC(=O)N(CC(=O)NCC(=O)Nc2c(C)cc(C)cc2C)C1=O. The van der Waals surface area contributed by atoms with Gasteiger partial charge < -0.3 is 16.0 Å². The molecule has 1 aromatic carbocycles. The number of aryl methyl sites for hydroxylation is 3. The number of anilines is 1. The van der Waals surface area contributed by atoms with Crippen LogP contribution in [-0.2, 0) is 14.4 Å². The molecule has 1 aliphatic heterocycles. The van der Waals surface area contributed by atoms with Crippen molar-refractivity contribution in [1.82, 2.24) is 15.5 Å². The molecule has 1 aliphatic rings. The number of amides is 5. The van der Waals surface area contributed by atoms with Crippen molar-refractivity contribution in [2.75, 3.05) is 18.4 Å². The standard InChI is InChI=1S/C19H26N4O4/c1-6-19(5)17(26)23(18(27)22-19)10-15(25)20-9-14(24)21-16-12(3)7-11(2)8-13(16)4/h7-8H,6,9-10H2,1-5H3,(H,20,25)(H,21,24)(H,22,27). The summed E-state index contributed by atoms with van der Waals surface area (Å²) in [6.45, 7) is 8.50. The van der Waals surface area contributed by atoms with Crippen LogP contribution in [0.4, 0.5) is 10.5 Å². The molecule has 0 spiro atoms. The van der Waals surface area contributed by atoms with Crippen molar-refractivity contribution in [3.05, 3.63) is 28.8 Å². The number of urea groups is 1. The van der Waals surface area contributed by atoms with E-state index in [0.717, 1.165) is 21.6 Å². The lowest BCUT2D eigenvalue weighted by Crippen LogP contribution is -2.45. The molecule has 146 valence electrons. The molecule has 0 aliphatic carbocycles. The summed E-state index contributed by atoms with van der Waals surface area (Å²) in [6.07, 6.45) is 0.424. The molecule has 8 heteroatoms. The van der Waals surface area contributed by atoms with Gasteiger partial charge in [0.05, 0.1) is 6.54 Å². The predicted octanol–water partition coefficient (Wildman–Crippen LogP) is 1.39. The van der Waals surface area contributed by atoms with E-state index in [1.54, 1.807) is 13.8 Å². The van der Waals surface area contributed by atoms with E-state index in [0.29, 0.717) is 12.1 Å². The first kappa shape index (κ1) is 20.4. The summed E-state index contributed by atoms with van der Waals surface area (Å²) < 4.78 is 0. The van der Waals surface area contributed by atoms with Crippen molar-refractivity contribution in [3.8, 4) is 0 Å². The van der Waals surface area contributed by atoms with Gasteiger partial charge in [0.15, 0.2) is 0 Å². The topological polar surface area (TPSA) is 108 Å². The molecule has 2 rings (SSSR count). The second-order valence-electron chi connectivity index (χ2n) is 7.11. The number of imide groups is 1. The van der Waals surface area contributed by atoms with Gasteiger partial charge in [0, 0.05) is 5.69 Å². The minimum absolute atomic E-state index is 0.250. The van der Waals surface area contributed by atoms with E-state index >= 15 is 0 Å². The maximum absolute atomic E-state index is 12.3. The average molecular weight is 374 g/mol. The van der Waals surface area contributed by atoms with Gasteiger partial charge in [0.2, 0.25) is 11.8 Å². The maximum atomic E-state index is 12.3. The minimum atomic E-state index is -0.991. The van der Waals surface area contributed by atoms with Crippen molar-refractivity contribution in [2.24, 2.45) is 0 Å². The summed E-state index contributed by atoms with van der Waals surface area (Å²) in [6, 6.07) is 3.32. The van der Waals surface area contributed by atoms with Crippen molar-refractivity contribution in [3.63, 3.8) is 0 Å². The number of nitrogens with one attached hydrogen (secondary N) is 3. The van der Waals surface area contributed by atoms with Gasteiger partial charge in [-0.2, -0.15) is 0 Å². The molecular formula is C19H26N4O4. The van der Waals surface area contributed by atoms with E-state index in [9.17, 15) is 19.2 Å². The number of benzene rings is 1. The Kier molecular flexibility index (Phi) is 5.88. The number of rotatable bonds is 6. The van der Waals surface area contributed by atoms with Crippen LogP contribution >= 0.6 is 0 Å². The van der Waals surface area contributed by atoms with Crippen LogP contribution in [0.1, 0.15) is 37.0 Å². The van der Waals surface area contributed by atoms with E-state index in [-0.39, 0.29) is 12.5 Å². The lowest BCUT2D eigenvalue weighted by molar-refractivity contribution is -0.134. The largest absolute Gasteiger partial charge is 0.345 e. The lowest BCUT2D eigenvalue weighted by Gasteiger charge is -2.19. The third-order valence-corrected chi connectivity index (χ3v) is 4.74. The van der Waals surface area contributed by atoms with Gasteiger partial charge in [-0.15, -0.1) is 0 Å². The van der Waals surface area contributed by atoms with Gasteiger partial charge in [-0.1, -0.05) is 24.6 Å². The smallest absolute Gasteiger partial charge is 0.325 e. The summed E-state index contributed by atoms with van der Waals surface area (Å²) in [5.41, 5.74) is 2.70. The maximum Gasteiger partial charge on any atom is 0.325 e. The number of hydrogen-bond donors (Lipinski definition) is 3. The van der Waals surface area contributed by atoms with Crippen LogP contribution in [0.5, 0.6) is 0 Å². The molecule has 0 bridgehead atoms. The average Bonchev–Trinajstić information content (AvgIpc) is 2.80. The summed E-state index contributed by atoms with van der Waals surface area (Å²) >= 11 is 0. The lowest BCUT2D eigenvalue weighted by atomic mass is 9.99. The Morgan fingerprint density at radius 2 is 1.70 bits per heavy atom. The fourth-order valence-corrected chi connectivity index (χ4v) is 3.07. The summed E-state index contributed by atoms with van der Waals surface area (Å²) in [5, 5.41) is 7.80. The predicted molar refractivity (Wildman–Crippen MR) is 101 cm³/mol. The quantitative estimate of drug-likeness (QED) is 0.654. The first-order valence-corrected chi connectivity index (χ1v) is 8.86. The fourth-order valence-electron chi connectivity index (χ4n) is 3.07. The Labute approximate surface area is 158 Å². The third kappa shape index (κ3) is 4.45. The monoisotopic (exact) mass is 374 g/mol. The van der Waals surface area contributed by atoms with Crippen molar-refractivity contribution in [1.29, 1.82) is 0 Å². The highest BCUT2D eigenvalue weighted by Crippen LogP contribution is 2.22. The van der Waals surface area contributed by atoms with Gasteiger partial charge >= 0.3 is 6.03 Å². The minimum Gasteiger partial charge on any atom is -0.345 e. The molecule has 1 saturated heterocycles. The van der Waals surface area contributed by atoms with Crippen LogP contribution in [0.25, 0.3) is 0 Å². The van der Waals surface area contributed by atoms with Gasteiger partial charge in [-0.25, -0.2) is 4.79 Å². The van der Waals surface area contributed by atoms with E-state index < -0.39 is 29.9 Å². The Balaban J connectivity index is 1.90. The molecule has 5 amide bonds.